The van der Waals surface area contributed by atoms with E-state index >= 15 is 0 Å². The number of aromatic nitrogens is 2. The second-order valence-electron chi connectivity index (χ2n) is 3.62. The molecule has 0 aliphatic heterocycles. The van der Waals surface area contributed by atoms with Crippen LogP contribution in [0.5, 0.6) is 5.75 Å². The van der Waals surface area contributed by atoms with E-state index in [1.807, 2.05) is 0 Å². The highest BCUT2D eigenvalue weighted by atomic mass is 35.5. The molecule has 0 atom stereocenters. The van der Waals surface area contributed by atoms with Crippen molar-refractivity contribution in [2.75, 3.05) is 11.1 Å². The fourth-order valence-electron chi connectivity index (χ4n) is 1.36. The van der Waals surface area contributed by atoms with Crippen molar-refractivity contribution in [2.45, 2.75) is 6.92 Å². The predicted molar refractivity (Wildman–Crippen MR) is 67.5 cm³/mol. The topological polar surface area (TPSA) is 84.1 Å². The molecule has 0 saturated carbocycles. The van der Waals surface area contributed by atoms with Crippen molar-refractivity contribution >= 4 is 28.8 Å². The molecule has 4 N–H and O–H groups in total. The largest absolute Gasteiger partial charge is 0.505 e. The lowest BCUT2D eigenvalue weighted by atomic mass is 10.3. The number of anilines is 3. The van der Waals surface area contributed by atoms with Crippen LogP contribution >= 0.6 is 11.6 Å². The van der Waals surface area contributed by atoms with Crippen LogP contribution < -0.4 is 11.1 Å². The zero-order chi connectivity index (χ0) is 13.3. The standard InChI is InChI=1S/C11H10ClFN4O/c1-5-15-10(12)9(14)11(16-5)17-6-2-3-8(18)7(13)4-6/h2-4,18H,14H2,1H3,(H,15,16,17). The molecule has 0 unspecified atom stereocenters. The summed E-state index contributed by atoms with van der Waals surface area (Å²) in [4.78, 5) is 7.95. The normalized spacial score (nSPS) is 10.4. The lowest BCUT2D eigenvalue weighted by Gasteiger charge is -2.10. The van der Waals surface area contributed by atoms with Crippen molar-refractivity contribution in [3.8, 4) is 5.75 Å². The van der Waals surface area contributed by atoms with Gasteiger partial charge in [-0.1, -0.05) is 11.6 Å². The van der Waals surface area contributed by atoms with Gasteiger partial charge in [0, 0.05) is 11.8 Å². The summed E-state index contributed by atoms with van der Waals surface area (Å²) in [5.74, 6) is -0.436. The Hall–Kier alpha value is -2.08. The number of aromatic hydroxyl groups is 1. The number of aryl methyl sites for hydroxylation is 1. The molecule has 1 aromatic carbocycles. The molecule has 0 bridgehead atoms. The molecule has 0 aliphatic carbocycles. The summed E-state index contributed by atoms with van der Waals surface area (Å²) < 4.78 is 13.2. The molecule has 0 radical (unpaired) electrons. The van der Waals surface area contributed by atoms with Crippen molar-refractivity contribution in [3.63, 3.8) is 0 Å². The number of phenolic OH excluding ortho intramolecular Hbond substituents is 1. The van der Waals surface area contributed by atoms with Gasteiger partial charge in [-0.25, -0.2) is 14.4 Å². The van der Waals surface area contributed by atoms with Crippen LogP contribution in [0.3, 0.4) is 0 Å². The minimum Gasteiger partial charge on any atom is -0.505 e. The number of nitrogens with two attached hydrogens (primary N) is 1. The number of nitrogens with one attached hydrogen (secondary N) is 1. The van der Waals surface area contributed by atoms with Gasteiger partial charge in [-0.3, -0.25) is 0 Å². The molecular formula is C11H10ClFN4O. The van der Waals surface area contributed by atoms with Gasteiger partial charge >= 0.3 is 0 Å². The van der Waals surface area contributed by atoms with Gasteiger partial charge in [0.2, 0.25) is 0 Å². The number of nitrogen functional groups attached to an aromatic ring is 1. The van der Waals surface area contributed by atoms with Gasteiger partial charge in [0.05, 0.1) is 0 Å². The van der Waals surface area contributed by atoms with Crippen molar-refractivity contribution in [3.05, 3.63) is 35.0 Å². The number of hydrogen-bond acceptors (Lipinski definition) is 5. The average Bonchev–Trinajstić information content (AvgIpc) is 2.30. The third-order valence-electron chi connectivity index (χ3n) is 2.22. The minimum absolute atomic E-state index is 0.129. The molecule has 2 rings (SSSR count). The molecule has 1 heterocycles. The maximum absolute atomic E-state index is 13.2. The Morgan fingerprint density at radius 1 is 1.39 bits per heavy atom. The highest BCUT2D eigenvalue weighted by molar-refractivity contribution is 6.32. The summed E-state index contributed by atoms with van der Waals surface area (Å²) in [6, 6.07) is 3.84. The summed E-state index contributed by atoms with van der Waals surface area (Å²) in [5.41, 5.74) is 6.28. The molecule has 5 nitrogen and oxygen atoms in total. The molecule has 0 aliphatic rings. The van der Waals surface area contributed by atoms with Gasteiger partial charge in [-0.05, 0) is 19.1 Å². The number of nitrogens with zero attached hydrogens (tertiary/aromatic N) is 2. The molecule has 0 spiro atoms. The Bertz CT molecular complexity index is 606. The number of halogens is 2. The average molecular weight is 269 g/mol. The van der Waals surface area contributed by atoms with Crippen LogP contribution in [0, 0.1) is 12.7 Å². The van der Waals surface area contributed by atoms with Gasteiger partial charge in [0.15, 0.2) is 22.5 Å². The quantitative estimate of drug-likeness (QED) is 0.576. The molecule has 94 valence electrons. The smallest absolute Gasteiger partial charge is 0.166 e. The minimum atomic E-state index is -0.740. The molecule has 18 heavy (non-hydrogen) atoms. The molecule has 1 aromatic heterocycles. The van der Waals surface area contributed by atoms with Gasteiger partial charge in [0.1, 0.15) is 11.5 Å². The molecule has 2 aromatic rings. The summed E-state index contributed by atoms with van der Waals surface area (Å²) >= 11 is 5.81. The second-order valence-corrected chi connectivity index (χ2v) is 3.97. The van der Waals surface area contributed by atoms with Gasteiger partial charge < -0.3 is 16.2 Å². The van der Waals surface area contributed by atoms with Crippen molar-refractivity contribution < 1.29 is 9.50 Å². The first-order valence-corrected chi connectivity index (χ1v) is 5.40. The fraction of sp³-hybridized carbons (Fsp3) is 0.0909. The number of benzene rings is 1. The first-order valence-electron chi connectivity index (χ1n) is 5.02. The Kier molecular flexibility index (Phi) is 3.20. The molecular weight excluding hydrogens is 259 g/mol. The Labute approximate surface area is 107 Å². The van der Waals surface area contributed by atoms with Crippen molar-refractivity contribution in [1.29, 1.82) is 0 Å². The predicted octanol–water partition coefficient (Wildman–Crippen LogP) is 2.61. The maximum atomic E-state index is 13.2. The summed E-state index contributed by atoms with van der Waals surface area (Å²) in [6.45, 7) is 1.66. The van der Waals surface area contributed by atoms with Crippen LogP contribution in [0.25, 0.3) is 0 Å². The van der Waals surface area contributed by atoms with Crippen molar-refractivity contribution in [2.24, 2.45) is 0 Å². The number of phenols is 1. The van der Waals surface area contributed by atoms with Crippen molar-refractivity contribution in [1.82, 2.24) is 9.97 Å². The van der Waals surface area contributed by atoms with Crippen LogP contribution in [0.1, 0.15) is 5.82 Å². The van der Waals surface area contributed by atoms with Crippen LogP contribution in [0.2, 0.25) is 5.15 Å². The first kappa shape index (κ1) is 12.4. The third kappa shape index (κ3) is 2.43. The van der Waals surface area contributed by atoms with Crippen LogP contribution in [-0.2, 0) is 0 Å². The molecule has 0 saturated heterocycles. The van der Waals surface area contributed by atoms with Gasteiger partial charge in [0.25, 0.3) is 0 Å². The SMILES string of the molecule is Cc1nc(Cl)c(N)c(Nc2ccc(O)c(F)c2)n1. The highest BCUT2D eigenvalue weighted by Gasteiger charge is 2.09. The van der Waals surface area contributed by atoms with Gasteiger partial charge in [-0.2, -0.15) is 0 Å². The second kappa shape index (κ2) is 4.66. The molecule has 0 amide bonds. The molecule has 0 fully saturated rings. The highest BCUT2D eigenvalue weighted by Crippen LogP contribution is 2.28. The van der Waals surface area contributed by atoms with Gasteiger partial charge in [-0.15, -0.1) is 0 Å². The Morgan fingerprint density at radius 3 is 2.78 bits per heavy atom. The zero-order valence-corrected chi connectivity index (χ0v) is 10.2. The maximum Gasteiger partial charge on any atom is 0.166 e. The molecule has 7 heteroatoms. The van der Waals surface area contributed by atoms with E-state index < -0.39 is 11.6 Å². The fourth-order valence-corrected chi connectivity index (χ4v) is 1.58. The first-order chi connectivity index (χ1) is 8.47. The lowest BCUT2D eigenvalue weighted by Crippen LogP contribution is -2.03. The van der Waals surface area contributed by atoms with E-state index in [9.17, 15) is 4.39 Å². The van der Waals surface area contributed by atoms with E-state index in [1.54, 1.807) is 6.92 Å². The van der Waals surface area contributed by atoms with E-state index in [0.29, 0.717) is 11.5 Å². The zero-order valence-electron chi connectivity index (χ0n) is 9.41. The van der Waals surface area contributed by atoms with Crippen LogP contribution in [-0.4, -0.2) is 15.1 Å². The summed E-state index contributed by atoms with van der Waals surface area (Å²) in [6.07, 6.45) is 0. The monoisotopic (exact) mass is 268 g/mol. The lowest BCUT2D eigenvalue weighted by molar-refractivity contribution is 0.432. The van der Waals surface area contributed by atoms with Crippen LogP contribution in [0.15, 0.2) is 18.2 Å². The summed E-state index contributed by atoms with van der Waals surface area (Å²) in [5, 5.41) is 12.0. The third-order valence-corrected chi connectivity index (χ3v) is 2.51. The van der Waals surface area contributed by atoms with E-state index in [4.69, 9.17) is 22.4 Å². The Balaban J connectivity index is 2.36. The van der Waals surface area contributed by atoms with E-state index in [2.05, 4.69) is 15.3 Å². The van der Waals surface area contributed by atoms with E-state index in [-0.39, 0.29) is 16.7 Å². The Morgan fingerprint density at radius 2 is 2.11 bits per heavy atom. The number of hydrogen-bond donors (Lipinski definition) is 3. The summed E-state index contributed by atoms with van der Waals surface area (Å²) in [7, 11) is 0. The van der Waals surface area contributed by atoms with E-state index in [0.717, 1.165) is 6.07 Å². The number of rotatable bonds is 2. The van der Waals surface area contributed by atoms with Crippen LogP contribution in [0.4, 0.5) is 21.6 Å². The van der Waals surface area contributed by atoms with E-state index in [1.165, 1.54) is 12.1 Å².